The lowest BCUT2D eigenvalue weighted by Crippen LogP contribution is -2.32. The quantitative estimate of drug-likeness (QED) is 0.808. The monoisotopic (exact) mass is 341 g/mol. The van der Waals surface area contributed by atoms with Crippen LogP contribution in [-0.4, -0.2) is 16.8 Å². The minimum Gasteiger partial charge on any atom is -0.331 e. The van der Waals surface area contributed by atoms with Crippen LogP contribution >= 0.6 is 38.6 Å². The van der Waals surface area contributed by atoms with E-state index in [0.717, 1.165) is 28.7 Å². The Morgan fingerprint density at radius 1 is 1.44 bits per heavy atom. The predicted octanol–water partition coefficient (Wildman–Crippen LogP) is 4.38. The highest BCUT2D eigenvalue weighted by molar-refractivity contribution is 9.11. The smallest absolute Gasteiger partial charge is 0.255 e. The van der Waals surface area contributed by atoms with Crippen molar-refractivity contribution in [2.45, 2.75) is 25.4 Å². The topological polar surface area (TPSA) is 20.3 Å². The van der Waals surface area contributed by atoms with Crippen LogP contribution in [0.2, 0.25) is 0 Å². The Bertz CT molecular complexity index is 545. The first kappa shape index (κ1) is 12.4. The van der Waals surface area contributed by atoms with Gasteiger partial charge in [0.05, 0.1) is 9.35 Å². The van der Waals surface area contributed by atoms with E-state index in [1.807, 2.05) is 16.3 Å². The third-order valence-corrected chi connectivity index (χ3v) is 5.23. The molecule has 2 aromatic rings. The molecule has 0 bridgehead atoms. The number of rotatable bonds is 4. The van der Waals surface area contributed by atoms with Gasteiger partial charge in [0.2, 0.25) is 0 Å². The molecule has 2 heterocycles. The molecule has 0 atom stereocenters. The van der Waals surface area contributed by atoms with Gasteiger partial charge < -0.3 is 4.90 Å². The normalized spacial score (nSPS) is 14.7. The van der Waals surface area contributed by atoms with Crippen LogP contribution in [0.4, 0.5) is 0 Å². The highest BCUT2D eigenvalue weighted by Gasteiger charge is 2.33. The molecule has 3 rings (SSSR count). The zero-order chi connectivity index (χ0) is 12.5. The van der Waals surface area contributed by atoms with Crippen LogP contribution in [0.3, 0.4) is 0 Å². The van der Waals surface area contributed by atoms with Gasteiger partial charge in [-0.15, -0.1) is 11.3 Å². The van der Waals surface area contributed by atoms with Crippen molar-refractivity contribution < 1.29 is 4.79 Å². The van der Waals surface area contributed by atoms with Crippen LogP contribution in [0.5, 0.6) is 0 Å². The van der Waals surface area contributed by atoms with Crippen LogP contribution < -0.4 is 0 Å². The first-order chi connectivity index (χ1) is 8.74. The largest absolute Gasteiger partial charge is 0.331 e. The van der Waals surface area contributed by atoms with Crippen molar-refractivity contribution in [1.82, 2.24) is 4.90 Å². The van der Waals surface area contributed by atoms with E-state index < -0.39 is 0 Å². The molecule has 0 N–H and O–H groups in total. The van der Waals surface area contributed by atoms with E-state index in [9.17, 15) is 4.79 Å². The van der Waals surface area contributed by atoms with Gasteiger partial charge in [-0.25, -0.2) is 0 Å². The van der Waals surface area contributed by atoms with Gasteiger partial charge in [0.1, 0.15) is 0 Å². The van der Waals surface area contributed by atoms with Gasteiger partial charge in [-0.2, -0.15) is 11.3 Å². The van der Waals surface area contributed by atoms with Crippen LogP contribution in [0.15, 0.2) is 32.1 Å². The summed E-state index contributed by atoms with van der Waals surface area (Å²) >= 11 is 6.66. The minimum atomic E-state index is 0.158. The summed E-state index contributed by atoms with van der Waals surface area (Å²) in [4.78, 5) is 14.5. The number of halogens is 1. The Hall–Kier alpha value is -0.650. The van der Waals surface area contributed by atoms with Gasteiger partial charge in [0, 0.05) is 18.0 Å². The summed E-state index contributed by atoms with van der Waals surface area (Å²) in [5.41, 5.74) is 2.03. The Balaban J connectivity index is 1.79. The molecule has 0 aromatic carbocycles. The molecule has 5 heteroatoms. The Kier molecular flexibility index (Phi) is 3.54. The molecule has 1 saturated carbocycles. The van der Waals surface area contributed by atoms with E-state index >= 15 is 0 Å². The van der Waals surface area contributed by atoms with E-state index in [1.165, 1.54) is 5.56 Å². The van der Waals surface area contributed by atoms with Gasteiger partial charge in [-0.05, 0) is 57.2 Å². The molecule has 2 aromatic heterocycles. The maximum atomic E-state index is 12.5. The molecule has 1 aliphatic carbocycles. The van der Waals surface area contributed by atoms with Gasteiger partial charge in [-0.1, -0.05) is 0 Å². The van der Waals surface area contributed by atoms with E-state index in [-0.39, 0.29) is 5.91 Å². The minimum absolute atomic E-state index is 0.158. The lowest BCUT2D eigenvalue weighted by Gasteiger charge is -2.21. The van der Waals surface area contributed by atoms with Crippen molar-refractivity contribution in [1.29, 1.82) is 0 Å². The van der Waals surface area contributed by atoms with E-state index in [4.69, 9.17) is 0 Å². The van der Waals surface area contributed by atoms with Gasteiger partial charge in [-0.3, -0.25) is 4.79 Å². The van der Waals surface area contributed by atoms with Gasteiger partial charge in [0.15, 0.2) is 0 Å². The molecule has 18 heavy (non-hydrogen) atoms. The van der Waals surface area contributed by atoms with Gasteiger partial charge >= 0.3 is 0 Å². The average molecular weight is 342 g/mol. The molecular weight excluding hydrogens is 330 g/mol. The SMILES string of the molecule is O=C(c1csc(Br)c1)N(Cc1ccsc1)C1CC1. The van der Waals surface area contributed by atoms with Crippen molar-refractivity contribution in [3.63, 3.8) is 0 Å². The molecule has 94 valence electrons. The Morgan fingerprint density at radius 2 is 2.28 bits per heavy atom. The summed E-state index contributed by atoms with van der Waals surface area (Å²) in [7, 11) is 0. The summed E-state index contributed by atoms with van der Waals surface area (Å²) in [6, 6.07) is 4.45. The zero-order valence-corrected chi connectivity index (χ0v) is 12.9. The number of carbonyl (C=O) groups excluding carboxylic acids is 1. The van der Waals surface area contributed by atoms with Crippen molar-refractivity contribution in [2.24, 2.45) is 0 Å². The average Bonchev–Trinajstić information content (AvgIpc) is 2.88. The second-order valence-corrected chi connectivity index (χ2v) is 7.51. The van der Waals surface area contributed by atoms with Crippen LogP contribution in [-0.2, 0) is 6.54 Å². The molecule has 0 radical (unpaired) electrons. The molecular formula is C13H12BrNOS2. The molecule has 0 unspecified atom stereocenters. The fourth-order valence-corrected chi connectivity index (χ4v) is 3.71. The van der Waals surface area contributed by atoms with Crippen molar-refractivity contribution in [2.75, 3.05) is 0 Å². The number of hydrogen-bond donors (Lipinski definition) is 0. The van der Waals surface area contributed by atoms with E-state index in [0.29, 0.717) is 6.04 Å². The number of amides is 1. The lowest BCUT2D eigenvalue weighted by atomic mass is 10.2. The Labute approximate surface area is 122 Å². The maximum Gasteiger partial charge on any atom is 0.255 e. The fraction of sp³-hybridized carbons (Fsp3) is 0.308. The molecule has 1 fully saturated rings. The first-order valence-electron chi connectivity index (χ1n) is 5.80. The van der Waals surface area contributed by atoms with Crippen molar-refractivity contribution in [3.05, 3.63) is 43.2 Å². The summed E-state index contributed by atoms with van der Waals surface area (Å²) in [6.45, 7) is 0.737. The van der Waals surface area contributed by atoms with Crippen LogP contribution in [0, 0.1) is 0 Å². The maximum absolute atomic E-state index is 12.5. The number of nitrogens with zero attached hydrogens (tertiary/aromatic N) is 1. The molecule has 0 aliphatic heterocycles. The van der Waals surface area contributed by atoms with E-state index in [1.54, 1.807) is 22.7 Å². The fourth-order valence-electron chi connectivity index (χ4n) is 1.92. The molecule has 1 amide bonds. The van der Waals surface area contributed by atoms with Crippen LogP contribution in [0.1, 0.15) is 28.8 Å². The molecule has 1 aliphatic rings. The number of thiophene rings is 2. The Morgan fingerprint density at radius 3 is 2.83 bits per heavy atom. The summed E-state index contributed by atoms with van der Waals surface area (Å²) < 4.78 is 1.01. The lowest BCUT2D eigenvalue weighted by molar-refractivity contribution is 0.0730. The van der Waals surface area contributed by atoms with Crippen LogP contribution in [0.25, 0.3) is 0 Å². The summed E-state index contributed by atoms with van der Waals surface area (Å²) in [5, 5.41) is 6.10. The van der Waals surface area contributed by atoms with E-state index in [2.05, 4.69) is 32.8 Å². The molecule has 0 spiro atoms. The first-order valence-corrected chi connectivity index (χ1v) is 8.41. The zero-order valence-electron chi connectivity index (χ0n) is 9.64. The highest BCUT2D eigenvalue weighted by Crippen LogP contribution is 2.31. The second kappa shape index (κ2) is 5.15. The second-order valence-electron chi connectivity index (χ2n) is 4.44. The van der Waals surface area contributed by atoms with Crippen molar-refractivity contribution in [3.8, 4) is 0 Å². The number of carbonyl (C=O) groups is 1. The molecule has 0 saturated heterocycles. The number of hydrogen-bond acceptors (Lipinski definition) is 3. The van der Waals surface area contributed by atoms with Gasteiger partial charge in [0.25, 0.3) is 5.91 Å². The third-order valence-electron chi connectivity index (χ3n) is 3.00. The predicted molar refractivity (Wildman–Crippen MR) is 79.2 cm³/mol. The third kappa shape index (κ3) is 2.68. The van der Waals surface area contributed by atoms with Crippen molar-refractivity contribution >= 4 is 44.5 Å². The standard InChI is InChI=1S/C13H12BrNOS2/c14-12-5-10(8-18-12)13(16)15(11-1-2-11)6-9-3-4-17-7-9/h3-5,7-8,11H,1-2,6H2. The highest BCUT2D eigenvalue weighted by atomic mass is 79.9. The summed E-state index contributed by atoms with van der Waals surface area (Å²) in [5.74, 6) is 0.158. The summed E-state index contributed by atoms with van der Waals surface area (Å²) in [6.07, 6.45) is 2.28. The molecule has 2 nitrogen and oxygen atoms in total.